The summed E-state index contributed by atoms with van der Waals surface area (Å²) in [7, 11) is 1.16. The van der Waals surface area contributed by atoms with Crippen molar-refractivity contribution < 1.29 is 37.3 Å². The van der Waals surface area contributed by atoms with E-state index in [1.807, 2.05) is 33.3 Å². The minimum Gasteiger partial charge on any atom is -0.756 e. The third-order valence-electron chi connectivity index (χ3n) is 12.4. The fourth-order valence-corrected chi connectivity index (χ4v) is 8.66. The molecule has 0 aliphatic rings. The van der Waals surface area contributed by atoms with Crippen LogP contribution < -0.4 is 10.2 Å². The Kier molecular flexibility index (Phi) is 47.7. The Balaban J connectivity index is 5.42. The van der Waals surface area contributed by atoms with Gasteiger partial charge in [0, 0.05) is 12.8 Å². The Morgan fingerprint density at radius 3 is 1.38 bits per heavy atom. The lowest BCUT2D eigenvalue weighted by atomic mass is 10.1. The van der Waals surface area contributed by atoms with E-state index in [1.54, 1.807) is 0 Å². The van der Waals surface area contributed by atoms with Crippen molar-refractivity contribution >= 4 is 19.7 Å². The first-order valence-corrected chi connectivity index (χ1v) is 30.1. The lowest BCUT2D eigenvalue weighted by Crippen LogP contribution is -2.47. The second kappa shape index (κ2) is 49.3. The first kappa shape index (κ1) is 66.7. The standard InChI is InChI=1S/C59H109N2O7P/c1-7-10-13-16-19-22-25-28-30-31-32-34-37-40-43-46-49-52-59(63)68-57(50-47-44-41-38-35-27-24-21-18-15-12-9-3)56(55-67-69(64,65)66-54-53-61(4,5)6)60-58(62)51-48-45-42-39-36-33-29-26-23-20-17-14-11-8-2/h19,22,28,30,32-34,36,47,50,56-57H,7-18,20-21,23-27,29,31,35,37-46,48-49,51-55H2,1-6H3,(H-,60,62,64,65)/b22-19-,30-28-,34-32-,36-33-,50-47+. The minimum absolute atomic E-state index is 0.0300. The van der Waals surface area contributed by atoms with Gasteiger partial charge in [-0.25, -0.2) is 0 Å². The van der Waals surface area contributed by atoms with Crippen molar-refractivity contribution in [3.63, 3.8) is 0 Å². The van der Waals surface area contributed by atoms with Gasteiger partial charge in [-0.3, -0.25) is 14.2 Å². The largest absolute Gasteiger partial charge is 0.756 e. The molecule has 3 unspecified atom stereocenters. The highest BCUT2D eigenvalue weighted by atomic mass is 31.2. The predicted octanol–water partition coefficient (Wildman–Crippen LogP) is 16.5. The maximum Gasteiger partial charge on any atom is 0.306 e. The molecular formula is C59H109N2O7P. The molecular weight excluding hydrogens is 880 g/mol. The summed E-state index contributed by atoms with van der Waals surface area (Å²) in [4.78, 5) is 39.8. The van der Waals surface area contributed by atoms with Crippen LogP contribution in [0.2, 0.25) is 0 Å². The maximum absolute atomic E-state index is 13.5. The van der Waals surface area contributed by atoms with Crippen LogP contribution >= 0.6 is 7.82 Å². The van der Waals surface area contributed by atoms with E-state index in [0.29, 0.717) is 30.3 Å². The van der Waals surface area contributed by atoms with Crippen LogP contribution in [0, 0.1) is 0 Å². The number of rotatable bonds is 51. The normalized spacial score (nSPS) is 14.2. The maximum atomic E-state index is 13.5. The summed E-state index contributed by atoms with van der Waals surface area (Å²) >= 11 is 0. The van der Waals surface area contributed by atoms with Crippen molar-refractivity contribution in [2.45, 2.75) is 264 Å². The van der Waals surface area contributed by atoms with E-state index in [2.05, 4.69) is 74.7 Å². The van der Waals surface area contributed by atoms with E-state index >= 15 is 0 Å². The van der Waals surface area contributed by atoms with Gasteiger partial charge in [0.1, 0.15) is 19.3 Å². The third kappa shape index (κ3) is 50.4. The molecule has 0 aliphatic carbocycles. The molecule has 0 fully saturated rings. The average Bonchev–Trinajstić information content (AvgIpc) is 3.31. The van der Waals surface area contributed by atoms with Crippen LogP contribution in [-0.2, 0) is 27.9 Å². The number of likely N-dealkylation sites (N-methyl/N-ethyl adjacent to an activating group) is 1. The molecule has 0 aromatic carbocycles. The zero-order chi connectivity index (χ0) is 50.8. The molecule has 0 saturated carbocycles. The molecule has 402 valence electrons. The second-order valence-electron chi connectivity index (χ2n) is 20.4. The molecule has 0 heterocycles. The van der Waals surface area contributed by atoms with Crippen molar-refractivity contribution in [2.75, 3.05) is 40.9 Å². The topological polar surface area (TPSA) is 114 Å². The van der Waals surface area contributed by atoms with Crippen molar-refractivity contribution in [3.8, 4) is 0 Å². The lowest BCUT2D eigenvalue weighted by Gasteiger charge is -2.30. The number of hydrogen-bond acceptors (Lipinski definition) is 7. The molecule has 9 nitrogen and oxygen atoms in total. The Morgan fingerprint density at radius 2 is 0.884 bits per heavy atom. The Hall–Kier alpha value is -2.29. The summed E-state index contributed by atoms with van der Waals surface area (Å²) in [5.41, 5.74) is 0. The summed E-state index contributed by atoms with van der Waals surface area (Å²) in [6.45, 7) is 6.78. The van der Waals surface area contributed by atoms with Crippen LogP contribution in [-0.4, -0.2) is 69.4 Å². The van der Waals surface area contributed by atoms with Crippen molar-refractivity contribution in [1.29, 1.82) is 0 Å². The summed E-state index contributed by atoms with van der Waals surface area (Å²) in [5, 5.41) is 3.00. The lowest BCUT2D eigenvalue weighted by molar-refractivity contribution is -0.870. The fourth-order valence-electron chi connectivity index (χ4n) is 7.93. The van der Waals surface area contributed by atoms with Crippen molar-refractivity contribution in [1.82, 2.24) is 5.32 Å². The number of amides is 1. The molecule has 0 rings (SSSR count). The third-order valence-corrected chi connectivity index (χ3v) is 13.4. The van der Waals surface area contributed by atoms with Gasteiger partial charge in [0.2, 0.25) is 5.91 Å². The van der Waals surface area contributed by atoms with Gasteiger partial charge in [0.15, 0.2) is 0 Å². The van der Waals surface area contributed by atoms with Gasteiger partial charge in [-0.1, -0.05) is 204 Å². The molecule has 69 heavy (non-hydrogen) atoms. The summed E-state index contributed by atoms with van der Waals surface area (Å²) in [6.07, 6.45) is 60.4. The number of nitrogens with one attached hydrogen (secondary N) is 1. The number of phosphoric acid groups is 1. The van der Waals surface area contributed by atoms with E-state index in [4.69, 9.17) is 13.8 Å². The number of nitrogens with zero attached hydrogens (tertiary/aromatic N) is 1. The molecule has 3 atom stereocenters. The Bertz CT molecular complexity index is 1370. The summed E-state index contributed by atoms with van der Waals surface area (Å²) in [5.74, 6) is -0.584. The SMILES string of the molecule is CCCCC/C=C\C/C=C\C/C=C\CCCCCCC(=O)OC(/C=C/CCCCCCCCCCCC)C(COP(=O)([O-])OCC[N+](C)(C)C)NC(=O)CCCCC/C=C\CCCCCCCCC. The summed E-state index contributed by atoms with van der Waals surface area (Å²) < 4.78 is 30.2. The van der Waals surface area contributed by atoms with E-state index in [-0.39, 0.29) is 24.9 Å². The van der Waals surface area contributed by atoms with Crippen LogP contribution in [0.1, 0.15) is 252 Å². The van der Waals surface area contributed by atoms with Gasteiger partial charge in [-0.2, -0.15) is 0 Å². The first-order chi connectivity index (χ1) is 33.4. The monoisotopic (exact) mass is 989 g/mol. The molecule has 0 bridgehead atoms. The molecule has 0 spiro atoms. The quantitative estimate of drug-likeness (QED) is 0.0212. The first-order valence-electron chi connectivity index (χ1n) is 28.6. The van der Waals surface area contributed by atoms with Gasteiger partial charge in [0.25, 0.3) is 7.82 Å². The number of unbranched alkanes of at least 4 members (excludes halogenated alkanes) is 27. The van der Waals surface area contributed by atoms with Crippen LogP contribution in [0.25, 0.3) is 0 Å². The van der Waals surface area contributed by atoms with Crippen molar-refractivity contribution in [3.05, 3.63) is 60.8 Å². The zero-order valence-corrected chi connectivity index (χ0v) is 46.7. The smallest absolute Gasteiger partial charge is 0.306 e. The molecule has 10 heteroatoms. The van der Waals surface area contributed by atoms with Crippen LogP contribution in [0.5, 0.6) is 0 Å². The average molecular weight is 990 g/mol. The van der Waals surface area contributed by atoms with E-state index in [0.717, 1.165) is 83.5 Å². The number of hydrogen-bond donors (Lipinski definition) is 1. The van der Waals surface area contributed by atoms with Crippen LogP contribution in [0.15, 0.2) is 60.8 Å². The number of carbonyl (C=O) groups excluding carboxylic acids is 2. The molecule has 1 amide bonds. The highest BCUT2D eigenvalue weighted by Gasteiger charge is 2.27. The van der Waals surface area contributed by atoms with Gasteiger partial charge in [-0.05, 0) is 96.0 Å². The van der Waals surface area contributed by atoms with Gasteiger partial charge < -0.3 is 28.5 Å². The minimum atomic E-state index is -4.70. The number of esters is 1. The molecule has 0 saturated heterocycles. The molecule has 0 radical (unpaired) electrons. The fraction of sp³-hybridized carbons (Fsp3) is 0.797. The Morgan fingerprint density at radius 1 is 0.507 bits per heavy atom. The second-order valence-corrected chi connectivity index (χ2v) is 21.8. The van der Waals surface area contributed by atoms with Gasteiger partial charge in [-0.15, -0.1) is 0 Å². The van der Waals surface area contributed by atoms with Gasteiger partial charge >= 0.3 is 5.97 Å². The van der Waals surface area contributed by atoms with Crippen molar-refractivity contribution in [2.24, 2.45) is 0 Å². The zero-order valence-electron chi connectivity index (χ0n) is 45.8. The summed E-state index contributed by atoms with van der Waals surface area (Å²) in [6, 6.07) is -0.905. The number of quaternary nitrogens is 1. The highest BCUT2D eigenvalue weighted by Crippen LogP contribution is 2.38. The predicted molar refractivity (Wildman–Crippen MR) is 293 cm³/mol. The van der Waals surface area contributed by atoms with E-state index < -0.39 is 26.6 Å². The number of ether oxygens (including phenoxy) is 1. The van der Waals surface area contributed by atoms with E-state index in [9.17, 15) is 19.0 Å². The molecule has 0 aromatic heterocycles. The molecule has 1 N–H and O–H groups in total. The van der Waals surface area contributed by atoms with E-state index in [1.165, 1.54) is 122 Å². The molecule has 0 aromatic rings. The number of phosphoric ester groups is 1. The Labute approximate surface area is 426 Å². The number of allylic oxidation sites excluding steroid dienone is 9. The number of carbonyl (C=O) groups is 2. The van der Waals surface area contributed by atoms with Gasteiger partial charge in [0.05, 0.1) is 33.8 Å². The van der Waals surface area contributed by atoms with Crippen LogP contribution in [0.4, 0.5) is 0 Å². The molecule has 0 aliphatic heterocycles. The highest BCUT2D eigenvalue weighted by molar-refractivity contribution is 7.45. The van der Waals surface area contributed by atoms with Crippen LogP contribution in [0.3, 0.4) is 0 Å².